The number of likely N-dealkylation sites (tertiary alicyclic amines) is 1. The van der Waals surface area contributed by atoms with Gasteiger partial charge in [-0.2, -0.15) is 0 Å². The largest absolute Gasteiger partial charge is 0.303 e. The number of nitrogens with zero attached hydrogens (tertiary/aromatic N) is 5. The van der Waals surface area contributed by atoms with Gasteiger partial charge < -0.3 is 4.90 Å². The molecule has 2 aromatic heterocycles. The first-order chi connectivity index (χ1) is 17.1. The van der Waals surface area contributed by atoms with Crippen molar-refractivity contribution in [1.82, 2.24) is 24.9 Å². The van der Waals surface area contributed by atoms with Crippen molar-refractivity contribution in [3.63, 3.8) is 0 Å². The average Bonchev–Trinajstić information content (AvgIpc) is 3.32. The number of ketones is 1. The summed E-state index contributed by atoms with van der Waals surface area (Å²) < 4.78 is 1.88. The van der Waals surface area contributed by atoms with Crippen LogP contribution in [0.3, 0.4) is 0 Å². The quantitative estimate of drug-likeness (QED) is 0.306. The zero-order valence-corrected chi connectivity index (χ0v) is 22.9. The topological polar surface area (TPSA) is 63.9 Å². The van der Waals surface area contributed by atoms with Crippen LogP contribution in [0.25, 0.3) is 16.6 Å². The number of aryl methyl sites for hydroxylation is 1. The fourth-order valence-corrected chi connectivity index (χ4v) is 5.96. The molecule has 1 fully saturated rings. The van der Waals surface area contributed by atoms with Crippen LogP contribution in [0.5, 0.6) is 0 Å². The second-order valence-corrected chi connectivity index (χ2v) is 10.0. The normalized spacial score (nSPS) is 15.4. The van der Waals surface area contributed by atoms with E-state index in [2.05, 4.69) is 70.7 Å². The van der Waals surface area contributed by atoms with E-state index in [0.717, 1.165) is 61.5 Å². The Balaban J connectivity index is 0.00000160. The summed E-state index contributed by atoms with van der Waals surface area (Å²) in [5.74, 6) is 0.592. The lowest BCUT2D eigenvalue weighted by Gasteiger charge is -2.33. The lowest BCUT2D eigenvalue weighted by atomic mass is 9.87. The van der Waals surface area contributed by atoms with Crippen LogP contribution in [0.4, 0.5) is 0 Å². The molecule has 2 aliphatic rings. The summed E-state index contributed by atoms with van der Waals surface area (Å²) in [7, 11) is 0. The molecule has 4 aromatic rings. The molecule has 0 aliphatic carbocycles. The number of rotatable bonds is 5. The maximum Gasteiger partial charge on any atom is 0.181 e. The number of carbonyl (C=O) groups excluding carboxylic acids is 1. The van der Waals surface area contributed by atoms with Crippen LogP contribution in [-0.4, -0.2) is 50.3 Å². The molecule has 0 bridgehead atoms. The van der Waals surface area contributed by atoms with Gasteiger partial charge in [0.05, 0.1) is 16.9 Å². The second-order valence-electron chi connectivity index (χ2n) is 10.0. The van der Waals surface area contributed by atoms with E-state index >= 15 is 0 Å². The van der Waals surface area contributed by atoms with Crippen LogP contribution in [0.2, 0.25) is 0 Å². The second kappa shape index (κ2) is 11.3. The molecule has 37 heavy (non-hydrogen) atoms. The number of Topliss-reactive ketones (excluding diaryl/α,β-unsaturated/α-hetero) is 1. The van der Waals surface area contributed by atoms with E-state index < -0.39 is 0 Å². The summed E-state index contributed by atoms with van der Waals surface area (Å²) in [6.45, 7) is 6.96. The van der Waals surface area contributed by atoms with Gasteiger partial charge in [-0.15, -0.1) is 29.9 Å². The molecule has 6 nitrogen and oxygen atoms in total. The van der Waals surface area contributed by atoms with Gasteiger partial charge in [-0.3, -0.25) is 9.78 Å². The van der Waals surface area contributed by atoms with E-state index in [1.165, 1.54) is 34.9 Å². The number of hydrogen-bond acceptors (Lipinski definition) is 5. The number of benzene rings is 2. The molecule has 194 valence electrons. The molecule has 0 amide bonds. The van der Waals surface area contributed by atoms with Crippen molar-refractivity contribution in [2.75, 3.05) is 19.6 Å². The molecule has 0 spiro atoms. The fourth-order valence-electron chi connectivity index (χ4n) is 5.96. The fraction of sp³-hybridized carbons (Fsp3) is 0.379. The minimum Gasteiger partial charge on any atom is -0.303 e. The number of pyridine rings is 1. The number of hydrogen-bond donors (Lipinski definition) is 0. The molecule has 0 saturated carbocycles. The van der Waals surface area contributed by atoms with Crippen molar-refractivity contribution in [3.05, 3.63) is 82.3 Å². The maximum atomic E-state index is 11.9. The lowest BCUT2D eigenvalue weighted by molar-refractivity contribution is 0.101. The molecule has 0 radical (unpaired) electrons. The lowest BCUT2D eigenvalue weighted by Crippen LogP contribution is -2.34. The van der Waals surface area contributed by atoms with Crippen LogP contribution >= 0.6 is 24.8 Å². The van der Waals surface area contributed by atoms with Gasteiger partial charge in [-0.05, 0) is 92.9 Å². The Labute approximate surface area is 230 Å². The van der Waals surface area contributed by atoms with E-state index in [0.29, 0.717) is 11.6 Å². The smallest absolute Gasteiger partial charge is 0.181 e. The van der Waals surface area contributed by atoms with Crippen LogP contribution in [-0.2, 0) is 19.3 Å². The van der Waals surface area contributed by atoms with Gasteiger partial charge in [0.2, 0.25) is 0 Å². The van der Waals surface area contributed by atoms with Crippen LogP contribution in [0, 0.1) is 6.92 Å². The number of aromatic nitrogens is 4. The highest BCUT2D eigenvalue weighted by Crippen LogP contribution is 2.33. The Morgan fingerprint density at radius 1 is 1.00 bits per heavy atom. The molecule has 0 unspecified atom stereocenters. The van der Waals surface area contributed by atoms with Gasteiger partial charge in [-0.25, -0.2) is 4.68 Å². The van der Waals surface area contributed by atoms with Gasteiger partial charge in [0.1, 0.15) is 0 Å². The first-order valence-electron chi connectivity index (χ1n) is 12.7. The molecule has 0 N–H and O–H groups in total. The van der Waals surface area contributed by atoms with Gasteiger partial charge >= 0.3 is 0 Å². The summed E-state index contributed by atoms with van der Waals surface area (Å²) in [4.78, 5) is 19.2. The van der Waals surface area contributed by atoms with Crippen molar-refractivity contribution in [1.29, 1.82) is 0 Å². The SMILES string of the molecule is CC(=O)c1nnn2c1CCc1c(CCN3CCC(c4cccc5nc(C)ccc45)CC3)cccc1-2.Cl.Cl. The third-order valence-electron chi connectivity index (χ3n) is 7.81. The highest BCUT2D eigenvalue weighted by molar-refractivity contribution is 5.93. The minimum atomic E-state index is -0.0101. The minimum absolute atomic E-state index is 0. The summed E-state index contributed by atoms with van der Waals surface area (Å²) in [6, 6.07) is 17.4. The van der Waals surface area contributed by atoms with E-state index in [4.69, 9.17) is 4.98 Å². The molecule has 1 saturated heterocycles. The standard InChI is InChI=1S/C29H31N5O.2ClH/c1-19-9-10-25-23(6-4-7-26(25)30-19)22-14-17-33(18-15-22)16-13-21-5-3-8-27-24(21)11-12-28-29(20(2)35)31-32-34(27)28;;/h3-10,22H,11-18H2,1-2H3;2*1H. The van der Waals surface area contributed by atoms with Crippen molar-refractivity contribution >= 4 is 41.5 Å². The predicted molar refractivity (Wildman–Crippen MR) is 152 cm³/mol. The first-order valence-corrected chi connectivity index (χ1v) is 12.7. The molecule has 6 rings (SSSR count). The first kappa shape index (κ1) is 27.2. The highest BCUT2D eigenvalue weighted by Gasteiger charge is 2.26. The molecular formula is C29H33Cl2N5O. The van der Waals surface area contributed by atoms with Crippen LogP contribution < -0.4 is 0 Å². The van der Waals surface area contributed by atoms with Crippen LogP contribution in [0.1, 0.15) is 64.2 Å². The predicted octanol–water partition coefficient (Wildman–Crippen LogP) is 5.69. The third kappa shape index (κ3) is 5.15. The van der Waals surface area contributed by atoms with E-state index in [1.807, 2.05) is 4.68 Å². The maximum absolute atomic E-state index is 11.9. The number of piperidine rings is 1. The Morgan fingerprint density at radius 3 is 2.57 bits per heavy atom. The van der Waals surface area contributed by atoms with Crippen molar-refractivity contribution < 1.29 is 4.79 Å². The third-order valence-corrected chi connectivity index (χ3v) is 7.81. The van der Waals surface area contributed by atoms with E-state index in [-0.39, 0.29) is 30.6 Å². The average molecular weight is 539 g/mol. The summed E-state index contributed by atoms with van der Waals surface area (Å²) >= 11 is 0. The molecule has 2 aliphatic heterocycles. The van der Waals surface area contributed by atoms with Crippen LogP contribution in [0.15, 0.2) is 48.5 Å². The van der Waals surface area contributed by atoms with Gasteiger partial charge in [-0.1, -0.05) is 35.5 Å². The Bertz CT molecular complexity index is 1430. The van der Waals surface area contributed by atoms with E-state index in [1.54, 1.807) is 6.92 Å². The van der Waals surface area contributed by atoms with Gasteiger partial charge in [0.15, 0.2) is 11.5 Å². The Morgan fingerprint density at radius 2 is 1.78 bits per heavy atom. The molecule has 4 heterocycles. The summed E-state index contributed by atoms with van der Waals surface area (Å²) in [6.07, 6.45) is 5.17. The highest BCUT2D eigenvalue weighted by atomic mass is 35.5. The molecule has 8 heteroatoms. The molecule has 0 atom stereocenters. The summed E-state index contributed by atoms with van der Waals surface area (Å²) in [5.41, 5.74) is 8.95. The van der Waals surface area contributed by atoms with E-state index in [9.17, 15) is 4.79 Å². The van der Waals surface area contributed by atoms with Gasteiger partial charge in [0, 0.05) is 24.5 Å². The Kier molecular flexibility index (Phi) is 8.32. The summed E-state index contributed by atoms with van der Waals surface area (Å²) in [5, 5.41) is 9.77. The number of halogens is 2. The molecule has 2 aromatic carbocycles. The number of fused-ring (bicyclic) bond motifs is 4. The Hall–Kier alpha value is -2.80. The monoisotopic (exact) mass is 537 g/mol. The zero-order chi connectivity index (χ0) is 23.9. The number of carbonyl (C=O) groups is 1. The molecular weight excluding hydrogens is 505 g/mol. The van der Waals surface area contributed by atoms with Crippen molar-refractivity contribution in [2.45, 2.75) is 51.9 Å². The van der Waals surface area contributed by atoms with Crippen molar-refractivity contribution in [3.8, 4) is 5.69 Å². The van der Waals surface area contributed by atoms with Crippen molar-refractivity contribution in [2.24, 2.45) is 0 Å². The van der Waals surface area contributed by atoms with Gasteiger partial charge in [0.25, 0.3) is 0 Å². The zero-order valence-electron chi connectivity index (χ0n) is 21.3.